The first-order chi connectivity index (χ1) is 12.4. The van der Waals surface area contributed by atoms with Crippen LogP contribution in [-0.4, -0.2) is 48.3 Å². The molecule has 1 aromatic heterocycles. The Morgan fingerprint density at radius 2 is 1.59 bits per heavy atom. The van der Waals surface area contributed by atoms with Crippen molar-refractivity contribution < 1.29 is 4.74 Å². The third kappa shape index (κ3) is 3.29. The molecule has 0 amide bonds. The molecular weight excluding hydrogens is 338 g/mol. The molecule has 0 unspecified atom stereocenters. The summed E-state index contributed by atoms with van der Waals surface area (Å²) in [4.78, 5) is 4.42. The first-order valence-corrected chi connectivity index (χ1v) is 9.41. The number of para-hydroxylation sites is 1. The quantitative estimate of drug-likeness (QED) is 0.372. The van der Waals surface area contributed by atoms with Crippen molar-refractivity contribution in [1.82, 2.24) is 20.0 Å². The predicted octanol–water partition coefficient (Wildman–Crippen LogP) is 4.24. The molecule has 0 bridgehead atoms. The van der Waals surface area contributed by atoms with Crippen molar-refractivity contribution in [1.29, 1.82) is 0 Å². The number of aromatic amines is 1. The molecule has 0 saturated heterocycles. The Bertz CT molecular complexity index is 881. The van der Waals surface area contributed by atoms with Crippen molar-refractivity contribution in [3.8, 4) is 0 Å². The van der Waals surface area contributed by atoms with E-state index >= 15 is 0 Å². The van der Waals surface area contributed by atoms with Gasteiger partial charge in [0.2, 0.25) is 0 Å². The number of hydrogen-bond donors (Lipinski definition) is 1. The lowest BCUT2D eigenvalue weighted by atomic mass is 10.0. The number of benzene rings is 1. The van der Waals surface area contributed by atoms with Gasteiger partial charge in [-0.15, -0.1) is 0 Å². The molecule has 3 rings (SSSR count). The molecule has 2 heterocycles. The molecule has 27 heavy (non-hydrogen) atoms. The Morgan fingerprint density at radius 1 is 1.04 bits per heavy atom. The lowest BCUT2D eigenvalue weighted by Crippen LogP contribution is -2.58. The average molecular weight is 370 g/mol. The molecule has 0 spiro atoms. The summed E-state index contributed by atoms with van der Waals surface area (Å²) >= 11 is 0. The minimum Gasteiger partial charge on any atom is -0.621 e. The number of fused-ring (bicyclic) bond motifs is 1. The molecule has 2 aromatic rings. The van der Waals surface area contributed by atoms with Crippen molar-refractivity contribution >= 4 is 17.1 Å². The number of nitrogens with zero attached hydrogens (tertiary/aromatic N) is 4. The molecule has 1 N–H and O–H groups in total. The smallest absolute Gasteiger partial charge is 0.322 e. The van der Waals surface area contributed by atoms with Crippen molar-refractivity contribution in [3.63, 3.8) is 0 Å². The van der Waals surface area contributed by atoms with Crippen LogP contribution in [0.5, 0.6) is 0 Å². The minimum atomic E-state index is -0.442. The fraction of sp³-hybridized carbons (Fsp3) is 0.524. The van der Waals surface area contributed by atoms with E-state index in [2.05, 4.69) is 75.4 Å². The number of rotatable bonds is 2. The highest BCUT2D eigenvalue weighted by Gasteiger charge is 2.48. The van der Waals surface area contributed by atoms with Gasteiger partial charge in [0, 0.05) is 27.9 Å². The summed E-state index contributed by atoms with van der Waals surface area (Å²) < 4.78 is 1.08. The molecular formula is C21H31N5O. The fourth-order valence-electron chi connectivity index (χ4n) is 4.04. The molecule has 146 valence electrons. The summed E-state index contributed by atoms with van der Waals surface area (Å²) in [6, 6.07) is 5.87. The van der Waals surface area contributed by atoms with Gasteiger partial charge in [-0.2, -0.15) is 9.84 Å². The summed E-state index contributed by atoms with van der Waals surface area (Å²) in [6.45, 7) is 17.1. The molecule has 1 aliphatic heterocycles. The van der Waals surface area contributed by atoms with E-state index < -0.39 is 6.29 Å². The van der Waals surface area contributed by atoms with E-state index in [1.165, 1.54) is 0 Å². The van der Waals surface area contributed by atoms with Gasteiger partial charge in [0.1, 0.15) is 0 Å². The lowest BCUT2D eigenvalue weighted by molar-refractivity contribution is -0.556. The number of H-pyrrole nitrogens is 1. The van der Waals surface area contributed by atoms with Gasteiger partial charge in [0.25, 0.3) is 0 Å². The van der Waals surface area contributed by atoms with Crippen LogP contribution in [0.15, 0.2) is 35.8 Å². The van der Waals surface area contributed by atoms with Gasteiger partial charge in [0.15, 0.2) is 6.21 Å². The third-order valence-corrected chi connectivity index (χ3v) is 5.16. The minimum absolute atomic E-state index is 0.188. The van der Waals surface area contributed by atoms with Crippen LogP contribution in [0.25, 0.3) is 10.9 Å². The van der Waals surface area contributed by atoms with E-state index in [1.54, 1.807) is 12.4 Å². The van der Waals surface area contributed by atoms with E-state index in [1.807, 2.05) is 18.2 Å². The standard InChI is InChI=1S/C21H31N5O/c1-14-15(2)26(21(6,7)8)19(25(14)20(3,4)5)24(27)13-17-11-9-10-16-12-22-23-18(16)17/h9-13,19H,1-8H3,(H,22,23)/b24-13-. The highest BCUT2D eigenvalue weighted by molar-refractivity contribution is 5.95. The van der Waals surface area contributed by atoms with E-state index in [0.29, 0.717) is 0 Å². The molecule has 0 saturated carbocycles. The number of allylic oxidation sites excluding steroid dienone is 2. The average Bonchev–Trinajstić information content (AvgIpc) is 3.10. The van der Waals surface area contributed by atoms with Crippen LogP contribution in [0.4, 0.5) is 0 Å². The zero-order valence-electron chi connectivity index (χ0n) is 17.7. The Balaban J connectivity index is 2.14. The van der Waals surface area contributed by atoms with Crippen LogP contribution in [0.2, 0.25) is 0 Å². The van der Waals surface area contributed by atoms with Crippen LogP contribution in [0.1, 0.15) is 61.0 Å². The molecule has 1 aromatic carbocycles. The van der Waals surface area contributed by atoms with E-state index in [-0.39, 0.29) is 11.1 Å². The summed E-state index contributed by atoms with van der Waals surface area (Å²) in [5.74, 6) is 0. The van der Waals surface area contributed by atoms with Crippen LogP contribution < -0.4 is 0 Å². The Hall–Kier alpha value is -2.50. The van der Waals surface area contributed by atoms with Gasteiger partial charge in [0.05, 0.1) is 17.3 Å². The van der Waals surface area contributed by atoms with Gasteiger partial charge in [-0.1, -0.05) is 12.1 Å². The molecule has 6 nitrogen and oxygen atoms in total. The summed E-state index contributed by atoms with van der Waals surface area (Å²) in [7, 11) is 0. The second-order valence-corrected chi connectivity index (χ2v) is 9.27. The largest absolute Gasteiger partial charge is 0.621 e. The Kier molecular flexibility index (Phi) is 4.49. The van der Waals surface area contributed by atoms with Crippen LogP contribution >= 0.6 is 0 Å². The predicted molar refractivity (Wildman–Crippen MR) is 110 cm³/mol. The number of hydrogen-bond acceptors (Lipinski definition) is 4. The summed E-state index contributed by atoms with van der Waals surface area (Å²) in [5.41, 5.74) is 3.61. The maximum atomic E-state index is 13.5. The lowest BCUT2D eigenvalue weighted by Gasteiger charge is -2.43. The molecule has 6 heteroatoms. The third-order valence-electron chi connectivity index (χ3n) is 5.16. The van der Waals surface area contributed by atoms with Crippen molar-refractivity contribution in [2.24, 2.45) is 0 Å². The SMILES string of the molecule is CC1=C(C)N(C(C)(C)C)C(/[N+]([O-])=C/c2cccc3cn[nH]c23)N1C(C)(C)C. The maximum absolute atomic E-state index is 13.5. The highest BCUT2D eigenvalue weighted by atomic mass is 16.5. The van der Waals surface area contributed by atoms with Crippen LogP contribution in [0, 0.1) is 5.21 Å². The second-order valence-electron chi connectivity index (χ2n) is 9.27. The van der Waals surface area contributed by atoms with Gasteiger partial charge in [-0.25, -0.2) is 0 Å². The molecule has 0 atom stereocenters. The molecule has 1 aliphatic rings. The number of nitrogens with one attached hydrogen (secondary N) is 1. The maximum Gasteiger partial charge on any atom is 0.322 e. The zero-order valence-corrected chi connectivity index (χ0v) is 17.7. The van der Waals surface area contributed by atoms with Gasteiger partial charge < -0.3 is 5.21 Å². The van der Waals surface area contributed by atoms with Crippen molar-refractivity contribution in [3.05, 3.63) is 46.6 Å². The number of aromatic nitrogens is 2. The summed E-state index contributed by atoms with van der Waals surface area (Å²) in [6.07, 6.45) is 3.01. The van der Waals surface area contributed by atoms with Gasteiger partial charge >= 0.3 is 6.29 Å². The number of hydroxylamine groups is 1. The summed E-state index contributed by atoms with van der Waals surface area (Å²) in [5, 5.41) is 21.6. The van der Waals surface area contributed by atoms with Gasteiger partial charge in [-0.3, -0.25) is 14.9 Å². The van der Waals surface area contributed by atoms with Gasteiger partial charge in [-0.05, 0) is 61.5 Å². The first-order valence-electron chi connectivity index (χ1n) is 9.41. The van der Waals surface area contributed by atoms with E-state index in [4.69, 9.17) is 0 Å². The highest BCUT2D eigenvalue weighted by Crippen LogP contribution is 2.39. The monoisotopic (exact) mass is 369 g/mol. The van der Waals surface area contributed by atoms with Crippen LogP contribution in [0.3, 0.4) is 0 Å². The first kappa shape index (κ1) is 19.3. The second kappa shape index (κ2) is 6.29. The molecule has 0 radical (unpaired) electrons. The fourth-order valence-corrected chi connectivity index (χ4v) is 4.04. The zero-order chi connectivity index (χ0) is 20.1. The molecule has 0 aliphatic carbocycles. The van der Waals surface area contributed by atoms with Crippen molar-refractivity contribution in [2.45, 2.75) is 72.8 Å². The normalized spacial score (nSPS) is 17.6. The van der Waals surface area contributed by atoms with Crippen LogP contribution in [-0.2, 0) is 0 Å². The topological polar surface area (TPSA) is 61.2 Å². The Labute approximate surface area is 161 Å². The molecule has 0 fully saturated rings. The Morgan fingerprint density at radius 3 is 2.11 bits per heavy atom. The van der Waals surface area contributed by atoms with E-state index in [9.17, 15) is 5.21 Å². The van der Waals surface area contributed by atoms with E-state index in [0.717, 1.165) is 32.6 Å². The van der Waals surface area contributed by atoms with Crippen molar-refractivity contribution in [2.75, 3.05) is 0 Å².